The third-order valence-electron chi connectivity index (χ3n) is 3.73. The zero-order chi connectivity index (χ0) is 8.48. The van der Waals surface area contributed by atoms with Gasteiger partial charge in [0.25, 0.3) is 0 Å². The molecule has 0 aromatic rings. The zero-order valence-electron chi connectivity index (χ0n) is 8.48. The van der Waals surface area contributed by atoms with Gasteiger partial charge in [0.15, 0.2) is 0 Å². The molecule has 11 heavy (non-hydrogen) atoms. The molecule has 0 aromatic heterocycles. The van der Waals surface area contributed by atoms with E-state index in [0.717, 1.165) is 17.3 Å². The van der Waals surface area contributed by atoms with Crippen LogP contribution in [0.3, 0.4) is 0 Å². The average Bonchev–Trinajstić information content (AvgIpc) is 2.63. The summed E-state index contributed by atoms with van der Waals surface area (Å²) in [4.78, 5) is 0. The minimum atomic E-state index is 0.740. The Labute approximate surface area is 71.4 Å². The number of hydrogen-bond donors (Lipinski definition) is 0. The van der Waals surface area contributed by atoms with Crippen LogP contribution in [-0.4, -0.2) is 0 Å². The summed E-state index contributed by atoms with van der Waals surface area (Å²) < 4.78 is 0. The quantitative estimate of drug-likeness (QED) is 0.577. The van der Waals surface area contributed by atoms with Crippen molar-refractivity contribution in [3.05, 3.63) is 0 Å². The van der Waals surface area contributed by atoms with E-state index in [1.165, 1.54) is 25.7 Å². The molecule has 1 saturated carbocycles. The molecule has 3 unspecified atom stereocenters. The molecule has 1 aliphatic carbocycles. The Hall–Kier alpha value is 0. The van der Waals surface area contributed by atoms with E-state index in [9.17, 15) is 0 Å². The maximum Gasteiger partial charge on any atom is -0.0297 e. The summed E-state index contributed by atoms with van der Waals surface area (Å²) in [7, 11) is 0. The number of hydrogen-bond acceptors (Lipinski definition) is 0. The highest BCUT2D eigenvalue weighted by atomic mass is 14.5. The molecule has 0 aliphatic heterocycles. The molecule has 3 atom stereocenters. The zero-order valence-corrected chi connectivity index (χ0v) is 8.48. The topological polar surface area (TPSA) is 0 Å². The molecule has 0 heteroatoms. The molecular formula is C11H22. The van der Waals surface area contributed by atoms with Gasteiger partial charge in [-0.25, -0.2) is 0 Å². The lowest BCUT2D eigenvalue weighted by molar-refractivity contribution is 0.403. The maximum atomic E-state index is 2.44. The van der Waals surface area contributed by atoms with Crippen LogP contribution in [-0.2, 0) is 0 Å². The summed E-state index contributed by atoms with van der Waals surface area (Å²) in [6.45, 7) is 9.46. The Kier molecular flexibility index (Phi) is 2.61. The van der Waals surface area contributed by atoms with Gasteiger partial charge in [-0.1, -0.05) is 40.5 Å². The smallest absolute Gasteiger partial charge is 0.0297 e. The normalized spacial score (nSPS) is 38.7. The van der Waals surface area contributed by atoms with Crippen molar-refractivity contribution in [2.75, 3.05) is 0 Å². The first kappa shape index (κ1) is 9.09. The highest BCUT2D eigenvalue weighted by Crippen LogP contribution is 2.57. The van der Waals surface area contributed by atoms with Crippen LogP contribution in [0.25, 0.3) is 0 Å². The summed E-state index contributed by atoms with van der Waals surface area (Å²) in [5.41, 5.74) is 0.740. The van der Waals surface area contributed by atoms with Crippen LogP contribution >= 0.6 is 0 Å². The molecule has 0 amide bonds. The summed E-state index contributed by atoms with van der Waals surface area (Å²) in [6, 6.07) is 0. The first-order valence-electron chi connectivity index (χ1n) is 5.12. The second-order valence-corrected chi connectivity index (χ2v) is 4.66. The van der Waals surface area contributed by atoms with Crippen molar-refractivity contribution in [2.24, 2.45) is 17.3 Å². The minimum absolute atomic E-state index is 0.740. The Morgan fingerprint density at radius 1 is 1.45 bits per heavy atom. The first-order chi connectivity index (χ1) is 5.12. The molecule has 0 nitrogen and oxygen atoms in total. The van der Waals surface area contributed by atoms with E-state index in [1.807, 2.05) is 0 Å². The average molecular weight is 154 g/mol. The van der Waals surface area contributed by atoms with Crippen molar-refractivity contribution in [1.82, 2.24) is 0 Å². The van der Waals surface area contributed by atoms with Crippen molar-refractivity contribution in [1.29, 1.82) is 0 Å². The van der Waals surface area contributed by atoms with Crippen LogP contribution in [0.4, 0.5) is 0 Å². The van der Waals surface area contributed by atoms with Crippen LogP contribution < -0.4 is 0 Å². The van der Waals surface area contributed by atoms with Crippen molar-refractivity contribution in [2.45, 2.75) is 53.4 Å². The van der Waals surface area contributed by atoms with Gasteiger partial charge in [0.2, 0.25) is 0 Å². The van der Waals surface area contributed by atoms with E-state index in [2.05, 4.69) is 27.7 Å². The Morgan fingerprint density at radius 3 is 2.45 bits per heavy atom. The fourth-order valence-electron chi connectivity index (χ4n) is 1.96. The maximum absolute atomic E-state index is 2.44. The highest BCUT2D eigenvalue weighted by molar-refractivity contribution is 4.97. The van der Waals surface area contributed by atoms with Gasteiger partial charge in [-0.15, -0.1) is 0 Å². The Morgan fingerprint density at radius 2 is 2.09 bits per heavy atom. The summed E-state index contributed by atoms with van der Waals surface area (Å²) in [5, 5.41) is 0. The standard InChI is InChI=1S/C11H22/c1-5-9(3)7-10-8-11(10,4)6-2/h9-10H,5-8H2,1-4H3. The molecule has 66 valence electrons. The summed E-state index contributed by atoms with van der Waals surface area (Å²) >= 11 is 0. The van der Waals surface area contributed by atoms with Gasteiger partial charge in [0, 0.05) is 0 Å². The Balaban J connectivity index is 2.22. The van der Waals surface area contributed by atoms with Gasteiger partial charge in [0.1, 0.15) is 0 Å². The fraction of sp³-hybridized carbons (Fsp3) is 1.00. The second kappa shape index (κ2) is 3.16. The molecule has 0 spiro atoms. The molecule has 1 rings (SSSR count). The largest absolute Gasteiger partial charge is 0.0651 e. The molecule has 1 aliphatic rings. The van der Waals surface area contributed by atoms with E-state index in [0.29, 0.717) is 0 Å². The van der Waals surface area contributed by atoms with Gasteiger partial charge in [-0.3, -0.25) is 0 Å². The van der Waals surface area contributed by atoms with Gasteiger partial charge < -0.3 is 0 Å². The van der Waals surface area contributed by atoms with Crippen LogP contribution in [0, 0.1) is 17.3 Å². The molecule has 0 heterocycles. The van der Waals surface area contributed by atoms with Crippen molar-refractivity contribution < 1.29 is 0 Å². The van der Waals surface area contributed by atoms with E-state index >= 15 is 0 Å². The minimum Gasteiger partial charge on any atom is -0.0651 e. The molecule has 0 saturated heterocycles. The van der Waals surface area contributed by atoms with Gasteiger partial charge in [0.05, 0.1) is 0 Å². The second-order valence-electron chi connectivity index (χ2n) is 4.66. The third kappa shape index (κ3) is 1.98. The lowest BCUT2D eigenvalue weighted by Gasteiger charge is -2.10. The Bertz CT molecular complexity index is 128. The molecular weight excluding hydrogens is 132 g/mol. The molecule has 0 N–H and O–H groups in total. The summed E-state index contributed by atoms with van der Waals surface area (Å²) in [6.07, 6.45) is 5.71. The molecule has 1 fully saturated rings. The van der Waals surface area contributed by atoms with E-state index < -0.39 is 0 Å². The monoisotopic (exact) mass is 154 g/mol. The van der Waals surface area contributed by atoms with Crippen LogP contribution in [0.1, 0.15) is 53.4 Å². The fourth-order valence-corrected chi connectivity index (χ4v) is 1.96. The van der Waals surface area contributed by atoms with Gasteiger partial charge in [-0.2, -0.15) is 0 Å². The number of rotatable bonds is 4. The first-order valence-corrected chi connectivity index (χ1v) is 5.12. The molecule has 0 bridgehead atoms. The van der Waals surface area contributed by atoms with Crippen LogP contribution in [0.15, 0.2) is 0 Å². The van der Waals surface area contributed by atoms with Crippen molar-refractivity contribution >= 4 is 0 Å². The SMILES string of the molecule is CCC(C)CC1CC1(C)CC. The van der Waals surface area contributed by atoms with Crippen LogP contribution in [0.5, 0.6) is 0 Å². The van der Waals surface area contributed by atoms with Crippen molar-refractivity contribution in [3.8, 4) is 0 Å². The van der Waals surface area contributed by atoms with E-state index in [4.69, 9.17) is 0 Å². The summed E-state index contributed by atoms with van der Waals surface area (Å²) in [5.74, 6) is 2.01. The van der Waals surface area contributed by atoms with Gasteiger partial charge >= 0.3 is 0 Å². The van der Waals surface area contributed by atoms with E-state index in [-0.39, 0.29) is 0 Å². The van der Waals surface area contributed by atoms with Gasteiger partial charge in [-0.05, 0) is 30.1 Å². The van der Waals surface area contributed by atoms with Crippen LogP contribution in [0.2, 0.25) is 0 Å². The predicted octanol–water partition coefficient (Wildman–Crippen LogP) is 3.86. The van der Waals surface area contributed by atoms with E-state index in [1.54, 1.807) is 0 Å². The lowest BCUT2D eigenvalue weighted by Crippen LogP contribution is -2.00. The van der Waals surface area contributed by atoms with Crippen molar-refractivity contribution in [3.63, 3.8) is 0 Å². The third-order valence-corrected chi connectivity index (χ3v) is 3.73. The molecule has 0 radical (unpaired) electrons. The molecule has 0 aromatic carbocycles. The predicted molar refractivity (Wildman–Crippen MR) is 50.6 cm³/mol. The lowest BCUT2D eigenvalue weighted by atomic mass is 9.95. The highest BCUT2D eigenvalue weighted by Gasteiger charge is 2.47.